The number of ether oxygens (including phenoxy) is 1. The van der Waals surface area contributed by atoms with Crippen LogP contribution in [-0.4, -0.2) is 10.3 Å². The van der Waals surface area contributed by atoms with Crippen molar-refractivity contribution < 1.29 is 4.74 Å². The van der Waals surface area contributed by atoms with Gasteiger partial charge in [0.15, 0.2) is 0 Å². The van der Waals surface area contributed by atoms with Gasteiger partial charge in [-0.3, -0.25) is 0 Å². The summed E-state index contributed by atoms with van der Waals surface area (Å²) in [7, 11) is 0. The number of unbranched alkanes of at least 4 members (excludes halogenated alkanes) is 1. The molecule has 0 aromatic heterocycles. The van der Waals surface area contributed by atoms with Crippen LogP contribution in [0, 0.1) is 0 Å². The van der Waals surface area contributed by atoms with Gasteiger partial charge in [0.25, 0.3) is 0 Å². The Morgan fingerprint density at radius 1 is 1.00 bits per heavy atom. The van der Waals surface area contributed by atoms with E-state index in [-0.39, 0.29) is 6.04 Å². The SMILES string of the molecule is CCCCNC(c1ccc(OCc2ccccc2)cc1)C(Cl)(Cl)Cl. The Balaban J connectivity index is 2.00. The van der Waals surface area contributed by atoms with Crippen molar-refractivity contribution in [1.82, 2.24) is 5.32 Å². The molecular formula is C19H22Cl3NO. The summed E-state index contributed by atoms with van der Waals surface area (Å²) >= 11 is 18.4. The molecule has 2 rings (SSSR count). The van der Waals surface area contributed by atoms with Crippen LogP contribution in [0.2, 0.25) is 0 Å². The van der Waals surface area contributed by atoms with E-state index in [1.807, 2.05) is 54.6 Å². The quantitative estimate of drug-likeness (QED) is 0.439. The summed E-state index contributed by atoms with van der Waals surface area (Å²) in [6.07, 6.45) is 2.13. The molecular weight excluding hydrogens is 365 g/mol. The van der Waals surface area contributed by atoms with Gasteiger partial charge in [-0.25, -0.2) is 0 Å². The Morgan fingerprint density at radius 2 is 1.67 bits per heavy atom. The monoisotopic (exact) mass is 385 g/mol. The third kappa shape index (κ3) is 6.18. The zero-order valence-electron chi connectivity index (χ0n) is 13.6. The fourth-order valence-corrected chi connectivity index (χ4v) is 2.95. The minimum absolute atomic E-state index is 0.350. The maximum absolute atomic E-state index is 6.13. The van der Waals surface area contributed by atoms with Crippen molar-refractivity contribution in [1.29, 1.82) is 0 Å². The van der Waals surface area contributed by atoms with Gasteiger partial charge in [0.2, 0.25) is 3.79 Å². The predicted octanol–water partition coefficient (Wildman–Crippen LogP) is 6.07. The molecule has 1 unspecified atom stereocenters. The molecule has 0 bridgehead atoms. The first-order valence-corrected chi connectivity index (χ1v) is 9.21. The summed E-state index contributed by atoms with van der Waals surface area (Å²) in [6, 6.07) is 17.4. The molecule has 2 aromatic rings. The van der Waals surface area contributed by atoms with Gasteiger partial charge in [-0.15, -0.1) is 0 Å². The van der Waals surface area contributed by atoms with Crippen LogP contribution in [0.3, 0.4) is 0 Å². The second-order valence-electron chi connectivity index (χ2n) is 5.63. The van der Waals surface area contributed by atoms with Crippen LogP contribution in [0.25, 0.3) is 0 Å². The highest BCUT2D eigenvalue weighted by atomic mass is 35.6. The lowest BCUT2D eigenvalue weighted by Gasteiger charge is -2.26. The van der Waals surface area contributed by atoms with E-state index in [9.17, 15) is 0 Å². The molecule has 0 heterocycles. The van der Waals surface area contributed by atoms with E-state index in [4.69, 9.17) is 39.5 Å². The lowest BCUT2D eigenvalue weighted by atomic mass is 10.1. The van der Waals surface area contributed by atoms with Crippen LogP contribution in [0.1, 0.15) is 36.9 Å². The number of hydrogen-bond donors (Lipinski definition) is 1. The van der Waals surface area contributed by atoms with Crippen LogP contribution in [0.5, 0.6) is 5.75 Å². The van der Waals surface area contributed by atoms with E-state index in [2.05, 4.69) is 12.2 Å². The average molecular weight is 387 g/mol. The van der Waals surface area contributed by atoms with Crippen molar-refractivity contribution in [3.05, 3.63) is 65.7 Å². The predicted molar refractivity (Wildman–Crippen MR) is 103 cm³/mol. The van der Waals surface area contributed by atoms with Gasteiger partial charge >= 0.3 is 0 Å². The van der Waals surface area contributed by atoms with Gasteiger partial charge in [-0.1, -0.05) is 90.6 Å². The molecule has 0 radical (unpaired) electrons. The molecule has 0 aliphatic carbocycles. The van der Waals surface area contributed by atoms with Gasteiger partial charge in [0.05, 0.1) is 6.04 Å². The van der Waals surface area contributed by atoms with E-state index < -0.39 is 3.79 Å². The first kappa shape index (κ1) is 19.4. The third-order valence-electron chi connectivity index (χ3n) is 3.67. The highest BCUT2D eigenvalue weighted by molar-refractivity contribution is 6.68. The smallest absolute Gasteiger partial charge is 0.209 e. The van der Waals surface area contributed by atoms with Crippen molar-refractivity contribution in [2.24, 2.45) is 0 Å². The molecule has 0 saturated heterocycles. The summed E-state index contributed by atoms with van der Waals surface area (Å²) in [5, 5.41) is 3.32. The summed E-state index contributed by atoms with van der Waals surface area (Å²) < 4.78 is 4.39. The Hall–Kier alpha value is -0.930. The highest BCUT2D eigenvalue weighted by Gasteiger charge is 2.33. The normalized spacial score (nSPS) is 12.8. The molecule has 0 spiro atoms. The number of halogens is 3. The average Bonchev–Trinajstić information content (AvgIpc) is 2.57. The Kier molecular flexibility index (Phi) is 7.70. The molecule has 0 amide bonds. The molecule has 2 nitrogen and oxygen atoms in total. The van der Waals surface area contributed by atoms with Crippen LogP contribution in [0.15, 0.2) is 54.6 Å². The molecule has 0 aliphatic heterocycles. The van der Waals surface area contributed by atoms with E-state index in [1.165, 1.54) is 0 Å². The molecule has 0 fully saturated rings. The summed E-state index contributed by atoms with van der Waals surface area (Å²) in [4.78, 5) is 0. The van der Waals surface area contributed by atoms with Crippen molar-refractivity contribution in [3.8, 4) is 5.75 Å². The van der Waals surface area contributed by atoms with Gasteiger partial charge in [0, 0.05) is 0 Å². The Morgan fingerprint density at radius 3 is 2.25 bits per heavy atom. The van der Waals surface area contributed by atoms with Crippen molar-refractivity contribution in [3.63, 3.8) is 0 Å². The maximum atomic E-state index is 6.13. The number of rotatable bonds is 8. The lowest BCUT2D eigenvalue weighted by molar-refractivity contribution is 0.306. The minimum atomic E-state index is -1.40. The third-order valence-corrected chi connectivity index (χ3v) is 4.32. The number of benzene rings is 2. The second-order valence-corrected chi connectivity index (χ2v) is 7.99. The molecule has 24 heavy (non-hydrogen) atoms. The first-order chi connectivity index (χ1) is 11.5. The van der Waals surface area contributed by atoms with Crippen molar-refractivity contribution in [2.75, 3.05) is 6.54 Å². The minimum Gasteiger partial charge on any atom is -0.489 e. The largest absolute Gasteiger partial charge is 0.489 e. The van der Waals surface area contributed by atoms with Gasteiger partial charge in [-0.2, -0.15) is 0 Å². The number of alkyl halides is 3. The van der Waals surface area contributed by atoms with E-state index in [0.717, 1.165) is 36.3 Å². The summed E-state index contributed by atoms with van der Waals surface area (Å²) in [6.45, 7) is 3.47. The number of nitrogens with one attached hydrogen (secondary N) is 1. The summed E-state index contributed by atoms with van der Waals surface area (Å²) in [5.41, 5.74) is 2.06. The van der Waals surface area contributed by atoms with Gasteiger partial charge < -0.3 is 10.1 Å². The van der Waals surface area contributed by atoms with E-state index in [1.54, 1.807) is 0 Å². The van der Waals surface area contributed by atoms with Gasteiger partial charge in [-0.05, 0) is 36.2 Å². The van der Waals surface area contributed by atoms with Crippen molar-refractivity contribution in [2.45, 2.75) is 36.2 Å². The molecule has 0 saturated carbocycles. The maximum Gasteiger partial charge on any atom is 0.209 e. The van der Waals surface area contributed by atoms with Crippen LogP contribution in [0.4, 0.5) is 0 Å². The van der Waals surface area contributed by atoms with Gasteiger partial charge in [0.1, 0.15) is 12.4 Å². The highest BCUT2D eigenvalue weighted by Crippen LogP contribution is 2.40. The summed E-state index contributed by atoms with van der Waals surface area (Å²) in [5.74, 6) is 0.791. The Bertz CT molecular complexity index is 596. The van der Waals surface area contributed by atoms with Crippen LogP contribution >= 0.6 is 34.8 Å². The molecule has 2 aromatic carbocycles. The Labute approximate surface area is 159 Å². The molecule has 1 N–H and O–H groups in total. The van der Waals surface area contributed by atoms with E-state index >= 15 is 0 Å². The fourth-order valence-electron chi connectivity index (χ4n) is 2.34. The lowest BCUT2D eigenvalue weighted by Crippen LogP contribution is -2.32. The standard InChI is InChI=1S/C19H22Cl3NO/c1-2-3-13-23-18(19(20,21)22)16-9-11-17(12-10-16)24-14-15-7-5-4-6-8-15/h4-12,18,23H,2-3,13-14H2,1H3. The van der Waals surface area contributed by atoms with Crippen molar-refractivity contribution >= 4 is 34.8 Å². The topological polar surface area (TPSA) is 21.3 Å². The van der Waals surface area contributed by atoms with E-state index in [0.29, 0.717) is 6.61 Å². The first-order valence-electron chi connectivity index (χ1n) is 8.07. The zero-order valence-corrected chi connectivity index (χ0v) is 15.9. The second kappa shape index (κ2) is 9.53. The molecule has 130 valence electrons. The number of hydrogen-bond acceptors (Lipinski definition) is 2. The zero-order chi connectivity index (χ0) is 17.4. The molecule has 0 aliphatic rings. The fraction of sp³-hybridized carbons (Fsp3) is 0.368. The van der Waals surface area contributed by atoms with Crippen LogP contribution < -0.4 is 10.1 Å². The molecule has 1 atom stereocenters. The van der Waals surface area contributed by atoms with Crippen LogP contribution in [-0.2, 0) is 6.61 Å². The molecule has 5 heteroatoms.